The number of hydrogen-bond donors (Lipinski definition) is 1. The summed E-state index contributed by atoms with van der Waals surface area (Å²) in [6.07, 6.45) is 5.59. The molecule has 0 radical (unpaired) electrons. The van der Waals surface area contributed by atoms with Gasteiger partial charge in [-0.15, -0.1) is 0 Å². The molecule has 0 aliphatic carbocycles. The summed E-state index contributed by atoms with van der Waals surface area (Å²) >= 11 is 2.10. The number of piperidine rings is 1. The van der Waals surface area contributed by atoms with Crippen molar-refractivity contribution in [2.75, 3.05) is 37.7 Å². The Labute approximate surface area is 91.8 Å². The second kappa shape index (κ2) is 5.99. The monoisotopic (exact) mass is 214 g/mol. The maximum absolute atomic E-state index is 3.63. The molecular weight excluding hydrogens is 192 g/mol. The summed E-state index contributed by atoms with van der Waals surface area (Å²) in [6.45, 7) is 5.20. The van der Waals surface area contributed by atoms with Gasteiger partial charge < -0.3 is 10.2 Å². The van der Waals surface area contributed by atoms with Crippen LogP contribution >= 0.6 is 11.8 Å². The summed E-state index contributed by atoms with van der Waals surface area (Å²) in [5.41, 5.74) is 0. The van der Waals surface area contributed by atoms with Crippen molar-refractivity contribution in [3.8, 4) is 0 Å². The molecule has 2 fully saturated rings. The second-order valence-electron chi connectivity index (χ2n) is 4.39. The first-order valence-electron chi connectivity index (χ1n) is 5.98. The number of hydrogen-bond acceptors (Lipinski definition) is 3. The fraction of sp³-hybridized carbons (Fsp3) is 1.00. The highest BCUT2D eigenvalue weighted by atomic mass is 32.2. The second-order valence-corrected chi connectivity index (χ2v) is 5.61. The van der Waals surface area contributed by atoms with Crippen molar-refractivity contribution >= 4 is 11.8 Å². The predicted molar refractivity (Wildman–Crippen MR) is 64.0 cm³/mol. The molecule has 1 N–H and O–H groups in total. The van der Waals surface area contributed by atoms with Crippen molar-refractivity contribution in [3.63, 3.8) is 0 Å². The van der Waals surface area contributed by atoms with Gasteiger partial charge in [-0.05, 0) is 32.4 Å². The first kappa shape index (κ1) is 10.8. The fourth-order valence-electron chi connectivity index (χ4n) is 2.33. The van der Waals surface area contributed by atoms with Crippen molar-refractivity contribution in [1.29, 1.82) is 0 Å². The number of thioether (sulfide) groups is 1. The maximum Gasteiger partial charge on any atom is 0.00792 e. The summed E-state index contributed by atoms with van der Waals surface area (Å²) in [4.78, 5) is 2.63. The van der Waals surface area contributed by atoms with E-state index < -0.39 is 0 Å². The highest BCUT2D eigenvalue weighted by Gasteiger charge is 2.15. The van der Waals surface area contributed by atoms with Gasteiger partial charge in [-0.2, -0.15) is 11.8 Å². The Morgan fingerprint density at radius 1 is 1.21 bits per heavy atom. The average molecular weight is 214 g/mol. The third-order valence-electron chi connectivity index (χ3n) is 3.31. The quantitative estimate of drug-likeness (QED) is 0.768. The van der Waals surface area contributed by atoms with Gasteiger partial charge in [0.05, 0.1) is 0 Å². The van der Waals surface area contributed by atoms with Crippen LogP contribution in [0.3, 0.4) is 0 Å². The highest BCUT2D eigenvalue weighted by molar-refractivity contribution is 7.99. The Bertz CT molecular complexity index is 133. The topological polar surface area (TPSA) is 15.3 Å². The molecule has 1 atom stereocenters. The molecule has 0 aromatic heterocycles. The zero-order valence-electron chi connectivity index (χ0n) is 9.00. The van der Waals surface area contributed by atoms with Crippen LogP contribution in [-0.2, 0) is 0 Å². The summed E-state index contributed by atoms with van der Waals surface area (Å²) in [5.74, 6) is 2.69. The normalized spacial score (nSPS) is 30.4. The largest absolute Gasteiger partial charge is 0.314 e. The van der Waals surface area contributed by atoms with Crippen LogP contribution in [0.1, 0.15) is 25.7 Å². The molecule has 0 aromatic carbocycles. The van der Waals surface area contributed by atoms with E-state index in [9.17, 15) is 0 Å². The lowest BCUT2D eigenvalue weighted by atomic mass is 10.0. The van der Waals surface area contributed by atoms with E-state index in [1.807, 2.05) is 0 Å². The first-order chi connectivity index (χ1) is 6.95. The van der Waals surface area contributed by atoms with Crippen LogP contribution < -0.4 is 5.32 Å². The molecule has 82 valence electrons. The number of nitrogens with one attached hydrogen (secondary N) is 1. The number of rotatable bonds is 3. The first-order valence-corrected chi connectivity index (χ1v) is 7.14. The molecule has 2 rings (SSSR count). The molecule has 2 saturated heterocycles. The molecule has 0 spiro atoms. The molecule has 2 nitrogen and oxygen atoms in total. The fourth-order valence-corrected chi connectivity index (χ4v) is 3.31. The molecule has 2 aliphatic rings. The van der Waals surface area contributed by atoms with Gasteiger partial charge in [0.2, 0.25) is 0 Å². The van der Waals surface area contributed by atoms with Crippen molar-refractivity contribution in [3.05, 3.63) is 0 Å². The Balaban J connectivity index is 1.60. The Hall–Kier alpha value is 0.270. The summed E-state index contributed by atoms with van der Waals surface area (Å²) in [5, 5.41) is 3.63. The van der Waals surface area contributed by atoms with Gasteiger partial charge in [-0.3, -0.25) is 0 Å². The molecule has 1 unspecified atom stereocenters. The molecule has 2 aliphatic heterocycles. The van der Waals surface area contributed by atoms with Crippen LogP contribution in [0.25, 0.3) is 0 Å². The van der Waals surface area contributed by atoms with E-state index in [1.165, 1.54) is 63.4 Å². The van der Waals surface area contributed by atoms with Gasteiger partial charge >= 0.3 is 0 Å². The van der Waals surface area contributed by atoms with E-state index >= 15 is 0 Å². The molecule has 14 heavy (non-hydrogen) atoms. The lowest BCUT2D eigenvalue weighted by Gasteiger charge is -2.29. The third-order valence-corrected chi connectivity index (χ3v) is 4.25. The van der Waals surface area contributed by atoms with E-state index in [0.717, 1.165) is 6.04 Å². The minimum Gasteiger partial charge on any atom is -0.314 e. The molecule has 2 heterocycles. The molecule has 3 heteroatoms. The van der Waals surface area contributed by atoms with Crippen LogP contribution in [0.15, 0.2) is 0 Å². The number of nitrogens with zero attached hydrogens (tertiary/aromatic N) is 1. The van der Waals surface area contributed by atoms with E-state index in [-0.39, 0.29) is 0 Å². The predicted octanol–water partition coefficient (Wildman–Crippen LogP) is 1.57. The van der Waals surface area contributed by atoms with Gasteiger partial charge in [0.25, 0.3) is 0 Å². The molecule has 0 aromatic rings. The summed E-state index contributed by atoms with van der Waals surface area (Å²) < 4.78 is 0. The van der Waals surface area contributed by atoms with E-state index in [2.05, 4.69) is 22.0 Å². The SMILES string of the molecule is C1CCC(CCN2CCSCC2)NC1. The van der Waals surface area contributed by atoms with Gasteiger partial charge in [-0.1, -0.05) is 6.42 Å². The van der Waals surface area contributed by atoms with Crippen LogP contribution in [0.2, 0.25) is 0 Å². The molecule has 0 bridgehead atoms. The lowest BCUT2D eigenvalue weighted by molar-refractivity contribution is 0.266. The van der Waals surface area contributed by atoms with Crippen molar-refractivity contribution < 1.29 is 0 Å². The highest BCUT2D eigenvalue weighted by Crippen LogP contribution is 2.13. The van der Waals surface area contributed by atoms with Crippen molar-refractivity contribution in [2.24, 2.45) is 0 Å². The molecule has 0 saturated carbocycles. The lowest BCUT2D eigenvalue weighted by Crippen LogP contribution is -2.39. The van der Waals surface area contributed by atoms with Crippen LogP contribution in [0.5, 0.6) is 0 Å². The van der Waals surface area contributed by atoms with Crippen molar-refractivity contribution in [1.82, 2.24) is 10.2 Å². The van der Waals surface area contributed by atoms with Crippen LogP contribution in [0.4, 0.5) is 0 Å². The van der Waals surface area contributed by atoms with Crippen LogP contribution in [-0.4, -0.2) is 48.6 Å². The zero-order chi connectivity index (χ0) is 9.64. The van der Waals surface area contributed by atoms with Gasteiger partial charge in [0.1, 0.15) is 0 Å². The molecule has 0 amide bonds. The Morgan fingerprint density at radius 2 is 2.07 bits per heavy atom. The van der Waals surface area contributed by atoms with E-state index in [0.29, 0.717) is 0 Å². The van der Waals surface area contributed by atoms with Gasteiger partial charge in [0, 0.05) is 30.6 Å². The van der Waals surface area contributed by atoms with Gasteiger partial charge in [0.15, 0.2) is 0 Å². The van der Waals surface area contributed by atoms with Crippen molar-refractivity contribution in [2.45, 2.75) is 31.7 Å². The average Bonchev–Trinajstić information content (AvgIpc) is 2.29. The Morgan fingerprint density at radius 3 is 2.79 bits per heavy atom. The van der Waals surface area contributed by atoms with Gasteiger partial charge in [-0.25, -0.2) is 0 Å². The summed E-state index contributed by atoms with van der Waals surface area (Å²) in [6, 6.07) is 0.818. The maximum atomic E-state index is 3.63. The minimum absolute atomic E-state index is 0.818. The zero-order valence-corrected chi connectivity index (χ0v) is 9.82. The molecular formula is C11H22N2S. The van der Waals surface area contributed by atoms with Crippen LogP contribution in [0, 0.1) is 0 Å². The third kappa shape index (κ3) is 3.44. The van der Waals surface area contributed by atoms with E-state index in [4.69, 9.17) is 0 Å². The minimum atomic E-state index is 0.818. The summed E-state index contributed by atoms with van der Waals surface area (Å²) in [7, 11) is 0. The Kier molecular flexibility index (Phi) is 4.61. The smallest absolute Gasteiger partial charge is 0.00792 e. The standard InChI is InChI=1S/C11H22N2S/c1-2-5-12-11(3-1)4-6-13-7-9-14-10-8-13/h11-12H,1-10H2. The van der Waals surface area contributed by atoms with E-state index in [1.54, 1.807) is 0 Å².